The second-order valence-electron chi connectivity index (χ2n) is 6.14. The zero-order chi connectivity index (χ0) is 17.9. The van der Waals surface area contributed by atoms with Crippen LogP contribution in [-0.2, 0) is 0 Å². The zero-order valence-electron chi connectivity index (χ0n) is 14.1. The molecule has 1 aliphatic heterocycles. The van der Waals surface area contributed by atoms with Crippen molar-refractivity contribution in [2.24, 2.45) is 0 Å². The molecule has 4 rings (SSSR count). The number of aromatic amines is 1. The normalized spacial score (nSPS) is 14.5. The zero-order valence-corrected chi connectivity index (χ0v) is 14.1. The van der Waals surface area contributed by atoms with Gasteiger partial charge < -0.3 is 9.80 Å². The third kappa shape index (κ3) is 3.28. The summed E-state index contributed by atoms with van der Waals surface area (Å²) >= 11 is 0. The van der Waals surface area contributed by atoms with E-state index in [0.29, 0.717) is 24.7 Å². The van der Waals surface area contributed by atoms with Crippen LogP contribution in [0.15, 0.2) is 59.4 Å². The minimum atomic E-state index is -0.248. The van der Waals surface area contributed by atoms with Gasteiger partial charge in [0.05, 0.1) is 0 Å². The largest absolute Gasteiger partial charge is 0.368 e. The number of rotatable bonds is 3. The highest BCUT2D eigenvalue weighted by molar-refractivity contribution is 5.57. The summed E-state index contributed by atoms with van der Waals surface area (Å²) in [5.74, 6) is 0.243. The maximum atomic E-state index is 13.1. The van der Waals surface area contributed by atoms with Gasteiger partial charge in [-0.1, -0.05) is 30.3 Å². The second kappa shape index (κ2) is 6.95. The molecule has 1 fully saturated rings. The van der Waals surface area contributed by atoms with Crippen molar-refractivity contribution in [1.82, 2.24) is 15.2 Å². The molecule has 1 N–H and O–H groups in total. The lowest BCUT2D eigenvalue weighted by atomic mass is 10.2. The second-order valence-corrected chi connectivity index (χ2v) is 6.14. The molecule has 0 radical (unpaired) electrons. The predicted molar refractivity (Wildman–Crippen MR) is 98.9 cm³/mol. The molecule has 1 saturated heterocycles. The van der Waals surface area contributed by atoms with E-state index in [1.807, 2.05) is 35.2 Å². The van der Waals surface area contributed by atoms with Crippen molar-refractivity contribution >= 4 is 11.6 Å². The molecule has 0 bridgehead atoms. The summed E-state index contributed by atoms with van der Waals surface area (Å²) in [4.78, 5) is 19.4. The number of hydrogen-bond donors (Lipinski definition) is 1. The Hall–Kier alpha value is -3.22. The van der Waals surface area contributed by atoms with Gasteiger partial charge in [0.25, 0.3) is 5.56 Å². The van der Waals surface area contributed by atoms with Crippen molar-refractivity contribution in [2.45, 2.75) is 0 Å². The molecule has 0 atom stereocenters. The molecular weight excluding hydrogens is 333 g/mol. The molecule has 0 unspecified atom stereocenters. The molecule has 0 aliphatic carbocycles. The minimum Gasteiger partial charge on any atom is -0.368 e. The van der Waals surface area contributed by atoms with Gasteiger partial charge in [-0.15, -0.1) is 10.2 Å². The molecule has 2 aromatic carbocycles. The fraction of sp³-hybridized carbons (Fsp3) is 0.211. The average Bonchev–Trinajstić information content (AvgIpc) is 2.69. The van der Waals surface area contributed by atoms with E-state index in [1.54, 1.807) is 12.1 Å². The Morgan fingerprint density at radius 3 is 2.15 bits per heavy atom. The van der Waals surface area contributed by atoms with Gasteiger partial charge in [-0.05, 0) is 24.3 Å². The standard InChI is InChI=1S/C19H18FN5O/c20-15-6-8-16(9-7-15)24-10-12-25(13-11-24)19-21-18(26)17(22-23-19)14-4-2-1-3-5-14/h1-9H,10-13H2,(H,21,23,26). The van der Waals surface area contributed by atoms with Crippen LogP contribution in [-0.4, -0.2) is 41.4 Å². The quantitative estimate of drug-likeness (QED) is 0.784. The first-order valence-electron chi connectivity index (χ1n) is 8.48. The first-order valence-corrected chi connectivity index (χ1v) is 8.48. The van der Waals surface area contributed by atoms with E-state index in [2.05, 4.69) is 20.1 Å². The molecule has 2 heterocycles. The number of anilines is 2. The van der Waals surface area contributed by atoms with E-state index in [9.17, 15) is 9.18 Å². The van der Waals surface area contributed by atoms with Gasteiger partial charge in [-0.2, -0.15) is 0 Å². The Morgan fingerprint density at radius 2 is 1.50 bits per heavy atom. The van der Waals surface area contributed by atoms with Crippen molar-refractivity contribution in [2.75, 3.05) is 36.0 Å². The van der Waals surface area contributed by atoms with Gasteiger partial charge in [0.1, 0.15) is 5.82 Å². The summed E-state index contributed by atoms with van der Waals surface area (Å²) in [5.41, 5.74) is 1.81. The Labute approximate surface area is 149 Å². The van der Waals surface area contributed by atoms with E-state index >= 15 is 0 Å². The molecule has 0 amide bonds. The molecule has 6 nitrogen and oxygen atoms in total. The van der Waals surface area contributed by atoms with Crippen LogP contribution in [0.1, 0.15) is 0 Å². The predicted octanol–water partition coefficient (Wildman–Crippen LogP) is 2.30. The third-order valence-electron chi connectivity index (χ3n) is 4.50. The van der Waals surface area contributed by atoms with Crippen LogP contribution in [0.2, 0.25) is 0 Å². The fourth-order valence-corrected chi connectivity index (χ4v) is 3.08. The van der Waals surface area contributed by atoms with Crippen LogP contribution < -0.4 is 15.4 Å². The molecule has 0 saturated carbocycles. The number of H-pyrrole nitrogens is 1. The van der Waals surface area contributed by atoms with Crippen molar-refractivity contribution < 1.29 is 4.39 Å². The highest BCUT2D eigenvalue weighted by atomic mass is 19.1. The van der Waals surface area contributed by atoms with Crippen molar-refractivity contribution in [3.05, 3.63) is 70.8 Å². The molecule has 1 aromatic heterocycles. The number of nitrogens with one attached hydrogen (secondary N) is 1. The first-order chi connectivity index (χ1) is 12.7. The van der Waals surface area contributed by atoms with E-state index in [0.717, 1.165) is 24.3 Å². The maximum Gasteiger partial charge on any atom is 0.279 e. The molecule has 26 heavy (non-hydrogen) atoms. The first kappa shape index (κ1) is 16.3. The average molecular weight is 351 g/mol. The van der Waals surface area contributed by atoms with Crippen molar-refractivity contribution in [3.8, 4) is 11.3 Å². The lowest BCUT2D eigenvalue weighted by Crippen LogP contribution is -2.47. The van der Waals surface area contributed by atoms with Crippen LogP contribution >= 0.6 is 0 Å². The molecule has 0 spiro atoms. The van der Waals surface area contributed by atoms with E-state index in [4.69, 9.17) is 0 Å². The minimum absolute atomic E-state index is 0.237. The Bertz CT molecular complexity index is 934. The van der Waals surface area contributed by atoms with Gasteiger partial charge >= 0.3 is 0 Å². The van der Waals surface area contributed by atoms with Gasteiger partial charge in [0.2, 0.25) is 5.95 Å². The number of halogens is 1. The Kier molecular flexibility index (Phi) is 4.35. The summed E-state index contributed by atoms with van der Waals surface area (Å²) in [7, 11) is 0. The molecule has 7 heteroatoms. The molecule has 1 aliphatic rings. The van der Waals surface area contributed by atoms with Crippen LogP contribution in [0.3, 0.4) is 0 Å². The summed E-state index contributed by atoms with van der Waals surface area (Å²) in [6.45, 7) is 2.92. The van der Waals surface area contributed by atoms with Gasteiger partial charge in [-0.25, -0.2) is 4.39 Å². The van der Waals surface area contributed by atoms with Gasteiger partial charge in [-0.3, -0.25) is 9.78 Å². The van der Waals surface area contributed by atoms with Crippen molar-refractivity contribution in [3.63, 3.8) is 0 Å². The van der Waals surface area contributed by atoms with Gasteiger partial charge in [0, 0.05) is 37.4 Å². The Balaban J connectivity index is 1.47. The SMILES string of the molecule is O=c1[nH]c(N2CCN(c3ccc(F)cc3)CC2)nnc1-c1ccccc1. The van der Waals surface area contributed by atoms with Crippen LogP contribution in [0, 0.1) is 5.82 Å². The monoisotopic (exact) mass is 351 g/mol. The number of hydrogen-bond acceptors (Lipinski definition) is 5. The fourth-order valence-electron chi connectivity index (χ4n) is 3.08. The van der Waals surface area contributed by atoms with Crippen LogP contribution in [0.5, 0.6) is 0 Å². The number of piperazine rings is 1. The summed E-state index contributed by atoms with van der Waals surface area (Å²) in [6, 6.07) is 15.8. The summed E-state index contributed by atoms with van der Waals surface area (Å²) < 4.78 is 13.1. The summed E-state index contributed by atoms with van der Waals surface area (Å²) in [6.07, 6.45) is 0. The van der Waals surface area contributed by atoms with Gasteiger partial charge in [0.15, 0.2) is 5.69 Å². The van der Waals surface area contributed by atoms with E-state index in [1.165, 1.54) is 12.1 Å². The van der Waals surface area contributed by atoms with E-state index < -0.39 is 0 Å². The number of aromatic nitrogens is 3. The van der Waals surface area contributed by atoms with Crippen LogP contribution in [0.4, 0.5) is 16.0 Å². The smallest absolute Gasteiger partial charge is 0.279 e. The van der Waals surface area contributed by atoms with Crippen LogP contribution in [0.25, 0.3) is 11.3 Å². The Morgan fingerprint density at radius 1 is 0.846 bits per heavy atom. The third-order valence-corrected chi connectivity index (χ3v) is 4.50. The highest BCUT2D eigenvalue weighted by Gasteiger charge is 2.20. The summed E-state index contributed by atoms with van der Waals surface area (Å²) in [5, 5.41) is 8.32. The lowest BCUT2D eigenvalue weighted by molar-refractivity contribution is 0.621. The number of nitrogens with zero attached hydrogens (tertiary/aromatic N) is 4. The maximum absolute atomic E-state index is 13.1. The highest BCUT2D eigenvalue weighted by Crippen LogP contribution is 2.18. The topological polar surface area (TPSA) is 65.1 Å². The lowest BCUT2D eigenvalue weighted by Gasteiger charge is -2.36. The molecule has 132 valence electrons. The molecular formula is C19H18FN5O. The van der Waals surface area contributed by atoms with E-state index in [-0.39, 0.29) is 11.4 Å². The van der Waals surface area contributed by atoms with Crippen molar-refractivity contribution in [1.29, 1.82) is 0 Å². The molecule has 3 aromatic rings. The number of benzene rings is 2.